The van der Waals surface area contributed by atoms with Crippen LogP contribution in [0.1, 0.15) is 31.2 Å². The summed E-state index contributed by atoms with van der Waals surface area (Å²) in [6.45, 7) is 0. The van der Waals surface area contributed by atoms with E-state index >= 15 is 0 Å². The maximum Gasteiger partial charge on any atom is 0.309 e. The van der Waals surface area contributed by atoms with Gasteiger partial charge in [-0.15, -0.1) is 0 Å². The molecule has 1 aliphatic carbocycles. The summed E-state index contributed by atoms with van der Waals surface area (Å²) in [4.78, 5) is 11.8. The van der Waals surface area contributed by atoms with Crippen molar-refractivity contribution < 1.29 is 18.3 Å². The van der Waals surface area contributed by atoms with Crippen molar-refractivity contribution in [2.24, 2.45) is 5.41 Å². The van der Waals surface area contributed by atoms with E-state index in [1.807, 2.05) is 24.3 Å². The number of benzene rings is 1. The second-order valence-corrected chi connectivity index (χ2v) is 8.92. The van der Waals surface area contributed by atoms with E-state index in [-0.39, 0.29) is 0 Å². The van der Waals surface area contributed by atoms with Gasteiger partial charge in [0, 0.05) is 4.47 Å². The molecule has 0 saturated heterocycles. The predicted octanol–water partition coefficient (Wildman–Crippen LogP) is 2.55. The van der Waals surface area contributed by atoms with Crippen LogP contribution in [-0.2, 0) is 21.2 Å². The van der Waals surface area contributed by atoms with Crippen LogP contribution in [0.25, 0.3) is 0 Å². The van der Waals surface area contributed by atoms with Crippen LogP contribution in [0, 0.1) is 5.41 Å². The average Bonchev–Trinajstić information content (AvgIpc) is 2.47. The Morgan fingerprint density at radius 3 is 2.55 bits per heavy atom. The van der Waals surface area contributed by atoms with Crippen molar-refractivity contribution in [3.05, 3.63) is 34.3 Å². The third-order valence-corrected chi connectivity index (χ3v) is 6.91. The maximum atomic E-state index is 11.9. The normalized spacial score (nSPS) is 25.8. The molecule has 122 valence electrons. The summed E-state index contributed by atoms with van der Waals surface area (Å²) >= 11 is 3.39. The minimum atomic E-state index is -3.33. The van der Waals surface area contributed by atoms with Gasteiger partial charge in [0.25, 0.3) is 0 Å². The lowest BCUT2D eigenvalue weighted by molar-refractivity contribution is -0.151. The molecule has 5 nitrogen and oxygen atoms in total. The van der Waals surface area contributed by atoms with E-state index in [2.05, 4.69) is 20.7 Å². The number of hydrogen-bond acceptors (Lipinski definition) is 3. The van der Waals surface area contributed by atoms with Gasteiger partial charge in [-0.25, -0.2) is 13.1 Å². The Labute approximate surface area is 139 Å². The first-order valence-corrected chi connectivity index (χ1v) is 9.53. The highest BCUT2D eigenvalue weighted by atomic mass is 79.9. The summed E-state index contributed by atoms with van der Waals surface area (Å²) in [7, 11) is -1.93. The summed E-state index contributed by atoms with van der Waals surface area (Å²) in [5.74, 6) is -0.840. The van der Waals surface area contributed by atoms with Gasteiger partial charge in [-0.3, -0.25) is 4.79 Å². The van der Waals surface area contributed by atoms with Crippen molar-refractivity contribution in [2.45, 2.75) is 37.4 Å². The van der Waals surface area contributed by atoms with Crippen LogP contribution < -0.4 is 4.72 Å². The summed E-state index contributed by atoms with van der Waals surface area (Å²) < 4.78 is 27.0. The number of carboxylic acid groups (broad SMARTS) is 1. The van der Waals surface area contributed by atoms with Crippen LogP contribution in [0.2, 0.25) is 0 Å². The van der Waals surface area contributed by atoms with Gasteiger partial charge in [0.15, 0.2) is 0 Å². The molecular weight excluding hydrogens is 370 g/mol. The Hall–Kier alpha value is -0.920. The van der Waals surface area contributed by atoms with Crippen molar-refractivity contribution >= 4 is 31.9 Å². The maximum absolute atomic E-state index is 11.9. The molecule has 1 aromatic carbocycles. The minimum Gasteiger partial charge on any atom is -0.481 e. The Kier molecular flexibility index (Phi) is 5.29. The summed E-state index contributed by atoms with van der Waals surface area (Å²) in [6, 6.07) is 7.60. The second-order valence-electron chi connectivity index (χ2n) is 5.84. The lowest BCUT2D eigenvalue weighted by Crippen LogP contribution is -2.42. The Bertz CT molecular complexity index is 651. The van der Waals surface area contributed by atoms with Gasteiger partial charge >= 0.3 is 5.97 Å². The van der Waals surface area contributed by atoms with Gasteiger partial charge in [0.1, 0.15) is 0 Å². The van der Waals surface area contributed by atoms with E-state index in [9.17, 15) is 18.3 Å². The highest BCUT2D eigenvalue weighted by Crippen LogP contribution is 2.41. The van der Waals surface area contributed by atoms with Crippen molar-refractivity contribution in [3.8, 4) is 0 Å². The van der Waals surface area contributed by atoms with E-state index in [4.69, 9.17) is 0 Å². The molecule has 0 atom stereocenters. The summed E-state index contributed by atoms with van der Waals surface area (Å²) in [5, 5.41) is 9.20. The molecule has 0 spiro atoms. The SMILES string of the molecule is CNS(=O)(=O)C1CCC(Cc2cccc(Br)c2)(C(=O)O)CC1. The van der Waals surface area contributed by atoms with Gasteiger partial charge in [0.2, 0.25) is 10.0 Å². The summed E-state index contributed by atoms with van der Waals surface area (Å²) in [5.41, 5.74) is 0.0762. The standard InChI is InChI=1S/C15H20BrNO4S/c1-17-22(20,21)13-5-7-15(8-6-13,14(18)19)10-11-3-2-4-12(16)9-11/h2-4,9,13,17H,5-8,10H2,1H3,(H,18,19). The molecule has 1 aromatic rings. The van der Waals surface area contributed by atoms with Crippen molar-refractivity contribution in [2.75, 3.05) is 7.05 Å². The lowest BCUT2D eigenvalue weighted by Gasteiger charge is -2.36. The first-order chi connectivity index (χ1) is 10.3. The van der Waals surface area contributed by atoms with Gasteiger partial charge < -0.3 is 5.11 Å². The van der Waals surface area contributed by atoms with Crippen LogP contribution in [0.4, 0.5) is 0 Å². The van der Waals surface area contributed by atoms with Gasteiger partial charge in [-0.05, 0) is 56.8 Å². The van der Waals surface area contributed by atoms with Crippen molar-refractivity contribution in [1.82, 2.24) is 4.72 Å². The molecule has 0 amide bonds. The van der Waals surface area contributed by atoms with Gasteiger partial charge in [-0.1, -0.05) is 28.1 Å². The van der Waals surface area contributed by atoms with Crippen LogP contribution in [0.5, 0.6) is 0 Å². The Morgan fingerprint density at radius 1 is 1.41 bits per heavy atom. The molecule has 0 bridgehead atoms. The van der Waals surface area contributed by atoms with E-state index in [0.29, 0.717) is 32.1 Å². The third kappa shape index (κ3) is 3.70. The molecule has 0 radical (unpaired) electrons. The number of aliphatic carboxylic acids is 1. The zero-order chi connectivity index (χ0) is 16.4. The van der Waals surface area contributed by atoms with E-state index in [1.54, 1.807) is 0 Å². The molecule has 2 N–H and O–H groups in total. The highest BCUT2D eigenvalue weighted by Gasteiger charge is 2.44. The zero-order valence-corrected chi connectivity index (χ0v) is 14.8. The van der Waals surface area contributed by atoms with E-state index in [0.717, 1.165) is 10.0 Å². The smallest absolute Gasteiger partial charge is 0.309 e. The fourth-order valence-electron chi connectivity index (χ4n) is 3.12. The molecule has 2 rings (SSSR count). The van der Waals surface area contributed by atoms with Crippen LogP contribution in [0.3, 0.4) is 0 Å². The molecule has 22 heavy (non-hydrogen) atoms. The van der Waals surface area contributed by atoms with Gasteiger partial charge in [0.05, 0.1) is 10.7 Å². The molecule has 0 aliphatic heterocycles. The highest BCUT2D eigenvalue weighted by molar-refractivity contribution is 9.10. The average molecular weight is 390 g/mol. The quantitative estimate of drug-likeness (QED) is 0.810. The topological polar surface area (TPSA) is 83.5 Å². The number of hydrogen-bond donors (Lipinski definition) is 2. The molecule has 0 heterocycles. The van der Waals surface area contributed by atoms with Crippen LogP contribution in [-0.4, -0.2) is 31.8 Å². The molecule has 7 heteroatoms. The molecular formula is C15H20BrNO4S. The van der Waals surface area contributed by atoms with E-state index < -0.39 is 26.7 Å². The number of carbonyl (C=O) groups is 1. The summed E-state index contributed by atoms with van der Waals surface area (Å²) in [6.07, 6.45) is 1.93. The molecule has 1 saturated carbocycles. The largest absolute Gasteiger partial charge is 0.481 e. The monoisotopic (exact) mass is 389 g/mol. The second kappa shape index (κ2) is 6.68. The Morgan fingerprint density at radius 2 is 2.05 bits per heavy atom. The van der Waals surface area contributed by atoms with Gasteiger partial charge in [-0.2, -0.15) is 0 Å². The van der Waals surface area contributed by atoms with E-state index in [1.165, 1.54) is 7.05 Å². The molecule has 1 aliphatic rings. The number of nitrogens with one attached hydrogen (secondary N) is 1. The molecule has 0 aromatic heterocycles. The minimum absolute atomic E-state index is 0.375. The number of rotatable bonds is 5. The predicted molar refractivity (Wildman–Crippen MR) is 88.2 cm³/mol. The van der Waals surface area contributed by atoms with Crippen LogP contribution in [0.15, 0.2) is 28.7 Å². The molecule has 1 fully saturated rings. The fourth-order valence-corrected chi connectivity index (χ4v) is 4.76. The lowest BCUT2D eigenvalue weighted by atomic mass is 9.70. The number of sulfonamides is 1. The first-order valence-electron chi connectivity index (χ1n) is 7.19. The van der Waals surface area contributed by atoms with Crippen molar-refractivity contribution in [3.63, 3.8) is 0 Å². The zero-order valence-electron chi connectivity index (χ0n) is 12.4. The van der Waals surface area contributed by atoms with Crippen molar-refractivity contribution in [1.29, 1.82) is 0 Å². The fraction of sp³-hybridized carbons (Fsp3) is 0.533. The molecule has 0 unspecified atom stereocenters. The Balaban J connectivity index is 2.17. The number of carboxylic acids is 1. The van der Waals surface area contributed by atoms with Crippen LogP contribution >= 0.6 is 15.9 Å². The first kappa shape index (κ1) is 17.4. The number of halogens is 1. The third-order valence-electron chi connectivity index (χ3n) is 4.50.